The van der Waals surface area contributed by atoms with Gasteiger partial charge in [0.15, 0.2) is 0 Å². The molecule has 4 nitrogen and oxygen atoms in total. The van der Waals surface area contributed by atoms with E-state index in [0.29, 0.717) is 13.2 Å². The maximum absolute atomic E-state index is 9.17. The highest BCUT2D eigenvalue weighted by atomic mass is 79.9. The Morgan fingerprint density at radius 3 is 3.00 bits per heavy atom. The third-order valence-corrected chi connectivity index (χ3v) is 3.63. The van der Waals surface area contributed by atoms with E-state index in [1.54, 1.807) is 0 Å². The molecule has 1 saturated heterocycles. The third-order valence-electron chi connectivity index (χ3n) is 2.99. The van der Waals surface area contributed by atoms with Gasteiger partial charge in [0.25, 0.3) is 0 Å². The summed E-state index contributed by atoms with van der Waals surface area (Å²) in [5.41, 5.74) is 7.56. The van der Waals surface area contributed by atoms with E-state index < -0.39 is 0 Å². The molecule has 94 valence electrons. The molecular formula is C12H17BrN2O2. The molecule has 3 N–H and O–H groups in total. The van der Waals surface area contributed by atoms with Crippen LogP contribution in [0, 0.1) is 0 Å². The maximum atomic E-state index is 9.17. The zero-order chi connectivity index (χ0) is 12.4. The highest BCUT2D eigenvalue weighted by Gasteiger charge is 2.26. The standard InChI is InChI=1S/C12H17BrN2O2/c1-8-7-17-10(6-16)5-15(8)12-3-2-9(14)4-11(12)13/h2-4,8,10,16H,5-7,14H2,1H3. The van der Waals surface area contributed by atoms with Crippen LogP contribution in [0.1, 0.15) is 6.92 Å². The first kappa shape index (κ1) is 12.7. The molecule has 1 aromatic rings. The molecule has 1 fully saturated rings. The second kappa shape index (κ2) is 5.25. The quantitative estimate of drug-likeness (QED) is 0.815. The monoisotopic (exact) mass is 300 g/mol. The molecule has 0 aromatic heterocycles. The smallest absolute Gasteiger partial charge is 0.0981 e. The molecule has 0 spiro atoms. The van der Waals surface area contributed by atoms with E-state index in [9.17, 15) is 5.11 Å². The molecule has 0 amide bonds. The van der Waals surface area contributed by atoms with Crippen LogP contribution >= 0.6 is 15.9 Å². The second-order valence-corrected chi connectivity index (χ2v) is 5.20. The fourth-order valence-corrected chi connectivity index (χ4v) is 2.64. The summed E-state index contributed by atoms with van der Waals surface area (Å²) in [6.45, 7) is 3.48. The molecule has 1 heterocycles. The van der Waals surface area contributed by atoms with Gasteiger partial charge in [0.05, 0.1) is 25.0 Å². The lowest BCUT2D eigenvalue weighted by Crippen LogP contribution is -2.49. The Bertz CT molecular complexity index is 400. The molecule has 1 aliphatic heterocycles. The lowest BCUT2D eigenvalue weighted by atomic mass is 10.1. The molecule has 0 aliphatic carbocycles. The van der Waals surface area contributed by atoms with Crippen molar-refractivity contribution in [2.45, 2.75) is 19.1 Å². The van der Waals surface area contributed by atoms with Gasteiger partial charge in [0.1, 0.15) is 0 Å². The van der Waals surface area contributed by atoms with E-state index in [1.165, 1.54) is 0 Å². The number of benzene rings is 1. The predicted octanol–water partition coefficient (Wildman–Crippen LogP) is 1.62. The van der Waals surface area contributed by atoms with E-state index in [-0.39, 0.29) is 18.8 Å². The Morgan fingerprint density at radius 1 is 1.59 bits per heavy atom. The minimum Gasteiger partial charge on any atom is -0.399 e. The summed E-state index contributed by atoms with van der Waals surface area (Å²) in [6.07, 6.45) is -0.115. The van der Waals surface area contributed by atoms with Gasteiger partial charge in [-0.1, -0.05) is 0 Å². The third kappa shape index (κ3) is 2.73. The van der Waals surface area contributed by atoms with Crippen molar-refractivity contribution in [1.82, 2.24) is 0 Å². The topological polar surface area (TPSA) is 58.7 Å². The van der Waals surface area contributed by atoms with Gasteiger partial charge in [0, 0.05) is 22.7 Å². The van der Waals surface area contributed by atoms with Crippen molar-refractivity contribution in [2.24, 2.45) is 0 Å². The summed E-state index contributed by atoms with van der Waals surface area (Å²) in [7, 11) is 0. The average Bonchev–Trinajstić information content (AvgIpc) is 2.30. The van der Waals surface area contributed by atoms with E-state index >= 15 is 0 Å². The fraction of sp³-hybridized carbons (Fsp3) is 0.500. The van der Waals surface area contributed by atoms with Crippen LogP contribution in [0.15, 0.2) is 22.7 Å². The molecule has 0 radical (unpaired) electrons. The van der Waals surface area contributed by atoms with Crippen LogP contribution in [-0.4, -0.2) is 37.0 Å². The second-order valence-electron chi connectivity index (χ2n) is 4.35. The Morgan fingerprint density at radius 2 is 2.35 bits per heavy atom. The van der Waals surface area contributed by atoms with Crippen molar-refractivity contribution < 1.29 is 9.84 Å². The zero-order valence-corrected chi connectivity index (χ0v) is 11.4. The van der Waals surface area contributed by atoms with E-state index in [0.717, 1.165) is 15.8 Å². The number of morpholine rings is 1. The van der Waals surface area contributed by atoms with Crippen LogP contribution in [0.3, 0.4) is 0 Å². The number of aliphatic hydroxyl groups is 1. The van der Waals surface area contributed by atoms with Crippen LogP contribution in [0.5, 0.6) is 0 Å². The summed E-state index contributed by atoms with van der Waals surface area (Å²) in [6, 6.07) is 6.06. The van der Waals surface area contributed by atoms with Crippen molar-refractivity contribution in [3.63, 3.8) is 0 Å². The van der Waals surface area contributed by atoms with E-state index in [1.807, 2.05) is 18.2 Å². The maximum Gasteiger partial charge on any atom is 0.0981 e. The molecule has 0 saturated carbocycles. The Labute approximate surface area is 109 Å². The van der Waals surface area contributed by atoms with Crippen molar-refractivity contribution in [3.8, 4) is 0 Å². The number of hydrogen-bond acceptors (Lipinski definition) is 4. The zero-order valence-electron chi connectivity index (χ0n) is 9.77. The Hall–Kier alpha value is -0.780. The normalized spacial score (nSPS) is 25.0. The van der Waals surface area contributed by atoms with E-state index in [4.69, 9.17) is 10.5 Å². The number of halogens is 1. The molecule has 1 aromatic carbocycles. The molecule has 0 bridgehead atoms. The molecule has 17 heavy (non-hydrogen) atoms. The van der Waals surface area contributed by atoms with Crippen molar-refractivity contribution >= 4 is 27.3 Å². The average molecular weight is 301 g/mol. The Balaban J connectivity index is 2.24. The first-order valence-corrected chi connectivity index (χ1v) is 6.45. The summed E-state index contributed by atoms with van der Waals surface area (Å²) in [5.74, 6) is 0. The van der Waals surface area contributed by atoms with Crippen LogP contribution in [0.4, 0.5) is 11.4 Å². The largest absolute Gasteiger partial charge is 0.399 e. The number of nitrogen functional groups attached to an aromatic ring is 1. The van der Waals surface area contributed by atoms with Crippen LogP contribution < -0.4 is 10.6 Å². The Kier molecular flexibility index (Phi) is 3.91. The van der Waals surface area contributed by atoms with Gasteiger partial charge in [-0.25, -0.2) is 0 Å². The molecule has 2 atom stereocenters. The van der Waals surface area contributed by atoms with Crippen LogP contribution in [-0.2, 0) is 4.74 Å². The van der Waals surface area contributed by atoms with Gasteiger partial charge < -0.3 is 20.5 Å². The van der Waals surface area contributed by atoms with Gasteiger partial charge in [-0.05, 0) is 41.1 Å². The number of ether oxygens (including phenoxy) is 1. The van der Waals surface area contributed by atoms with Gasteiger partial charge in [-0.3, -0.25) is 0 Å². The molecule has 5 heteroatoms. The van der Waals surface area contributed by atoms with Gasteiger partial charge in [-0.15, -0.1) is 0 Å². The number of rotatable bonds is 2. The van der Waals surface area contributed by atoms with Crippen LogP contribution in [0.25, 0.3) is 0 Å². The summed E-state index contributed by atoms with van der Waals surface area (Å²) >= 11 is 3.53. The van der Waals surface area contributed by atoms with Crippen LogP contribution in [0.2, 0.25) is 0 Å². The lowest BCUT2D eigenvalue weighted by molar-refractivity contribution is -0.0103. The highest BCUT2D eigenvalue weighted by Crippen LogP contribution is 2.31. The lowest BCUT2D eigenvalue weighted by Gasteiger charge is -2.39. The van der Waals surface area contributed by atoms with Crippen molar-refractivity contribution in [1.29, 1.82) is 0 Å². The summed E-state index contributed by atoms with van der Waals surface area (Å²) in [5, 5.41) is 9.17. The molecule has 1 aliphatic rings. The van der Waals surface area contributed by atoms with E-state index in [2.05, 4.69) is 27.8 Å². The first-order valence-electron chi connectivity index (χ1n) is 5.66. The number of nitrogens with two attached hydrogens (primary N) is 1. The number of aliphatic hydroxyl groups excluding tert-OH is 1. The first-order chi connectivity index (χ1) is 8.11. The van der Waals surface area contributed by atoms with Gasteiger partial charge >= 0.3 is 0 Å². The summed E-state index contributed by atoms with van der Waals surface area (Å²) in [4.78, 5) is 2.23. The summed E-state index contributed by atoms with van der Waals surface area (Å²) < 4.78 is 6.50. The highest BCUT2D eigenvalue weighted by molar-refractivity contribution is 9.10. The molecular weight excluding hydrogens is 284 g/mol. The predicted molar refractivity (Wildman–Crippen MR) is 72.2 cm³/mol. The molecule has 2 unspecified atom stereocenters. The molecule has 2 rings (SSSR count). The van der Waals surface area contributed by atoms with Crippen molar-refractivity contribution in [3.05, 3.63) is 22.7 Å². The van der Waals surface area contributed by atoms with Gasteiger partial charge in [0.2, 0.25) is 0 Å². The number of hydrogen-bond donors (Lipinski definition) is 2. The number of nitrogens with zero attached hydrogens (tertiary/aromatic N) is 1. The fourth-order valence-electron chi connectivity index (χ4n) is 2.02. The number of anilines is 2. The minimum atomic E-state index is -0.115. The van der Waals surface area contributed by atoms with Gasteiger partial charge in [-0.2, -0.15) is 0 Å². The minimum absolute atomic E-state index is 0.0514. The SMILES string of the molecule is CC1COC(CO)CN1c1ccc(N)cc1Br. The van der Waals surface area contributed by atoms with Crippen molar-refractivity contribution in [2.75, 3.05) is 30.4 Å².